The first kappa shape index (κ1) is 55.7. The molecule has 2 saturated heterocycles. The van der Waals surface area contributed by atoms with Crippen LogP contribution < -0.4 is 20.5 Å². The number of likely N-dealkylation sites (tertiary alicyclic amines) is 2. The van der Waals surface area contributed by atoms with Gasteiger partial charge in [-0.25, -0.2) is 19.9 Å². The summed E-state index contributed by atoms with van der Waals surface area (Å²) < 4.78 is 45.3. The van der Waals surface area contributed by atoms with Crippen molar-refractivity contribution in [3.63, 3.8) is 0 Å². The molecule has 0 amide bonds. The van der Waals surface area contributed by atoms with Gasteiger partial charge in [0.15, 0.2) is 11.5 Å². The van der Waals surface area contributed by atoms with Crippen molar-refractivity contribution in [3.05, 3.63) is 164 Å². The molecule has 6 heterocycles. The van der Waals surface area contributed by atoms with Gasteiger partial charge in [0.05, 0.1) is 39.6 Å². The SMILES string of the molecule is C=CCOCc1cc(N)ccc1OCCN1CCCC1.C=CCOCc1ccc(-c2ccnc(Cl)n2)o1.C=CCOCc1ccc(-c2ccnc(Nc3ccc(OCCN4CCCC4)c(COCC=C)c3)n2)o1. The molecule has 0 atom stereocenters. The number of furan rings is 2. The molecule has 16 nitrogen and oxygen atoms in total. The van der Waals surface area contributed by atoms with E-state index in [1.54, 1.807) is 42.8 Å². The number of halogens is 1. The van der Waals surface area contributed by atoms with Crippen LogP contribution in [0.2, 0.25) is 5.28 Å². The maximum atomic E-state index is 6.11. The number of nitrogens with two attached hydrogens (primary N) is 1. The average molecular weight is 1020 g/mol. The Bertz CT molecular complexity index is 2590. The topological polar surface area (TPSA) is 178 Å². The number of benzene rings is 2. The van der Waals surface area contributed by atoms with E-state index in [-0.39, 0.29) is 5.28 Å². The van der Waals surface area contributed by atoms with E-state index < -0.39 is 0 Å². The number of nitrogens with one attached hydrogen (secondary N) is 1. The van der Waals surface area contributed by atoms with Gasteiger partial charge in [0.2, 0.25) is 11.2 Å². The summed E-state index contributed by atoms with van der Waals surface area (Å²) in [5, 5.41) is 3.48. The molecule has 0 radical (unpaired) electrons. The molecule has 2 aromatic carbocycles. The third-order valence-electron chi connectivity index (χ3n) is 11.2. The van der Waals surface area contributed by atoms with Gasteiger partial charge in [-0.1, -0.05) is 24.3 Å². The second-order valence-electron chi connectivity index (χ2n) is 16.8. The molecule has 0 aliphatic carbocycles. The normalized spacial score (nSPS) is 13.3. The quantitative estimate of drug-likeness (QED) is 0.0205. The summed E-state index contributed by atoms with van der Waals surface area (Å²) in [6.45, 7) is 26.2. The van der Waals surface area contributed by atoms with Gasteiger partial charge in [0.1, 0.15) is 60.8 Å². The summed E-state index contributed by atoms with van der Waals surface area (Å²) in [6.07, 6.45) is 15.3. The predicted octanol–water partition coefficient (Wildman–Crippen LogP) is 10.9. The van der Waals surface area contributed by atoms with Gasteiger partial charge >= 0.3 is 0 Å². The highest BCUT2D eigenvalue weighted by atomic mass is 35.5. The van der Waals surface area contributed by atoms with Gasteiger partial charge in [-0.3, -0.25) is 9.80 Å². The molecule has 388 valence electrons. The van der Waals surface area contributed by atoms with Crippen LogP contribution in [0.25, 0.3) is 22.9 Å². The Morgan fingerprint density at radius 2 is 1.05 bits per heavy atom. The zero-order valence-electron chi connectivity index (χ0n) is 41.8. The Hall–Kier alpha value is -6.63. The molecule has 0 saturated carbocycles. The molecule has 73 heavy (non-hydrogen) atoms. The molecule has 0 bridgehead atoms. The van der Waals surface area contributed by atoms with E-state index in [0.717, 1.165) is 71.7 Å². The predicted molar refractivity (Wildman–Crippen MR) is 287 cm³/mol. The summed E-state index contributed by atoms with van der Waals surface area (Å²) in [6, 6.07) is 22.6. The standard InChI is InChI=1S/C28H34N4O4.C16H24N2O2.C12H11ClN2O2/c1-3-16-33-20-22-19-23(7-9-26(22)35-18-15-32-13-5-6-14-32)30-28-29-12-11-25(31-28)27-10-8-24(36-27)21-34-17-4-2;1-2-10-19-13-14-12-15(17)5-6-16(14)20-11-9-18-7-3-4-8-18;1-2-7-16-8-9-3-4-11(17-9)10-5-6-14-12(13)15-10/h3-4,7-12,19H,1-2,5-6,13-18,20-21H2,(H,29,30,31);2,5-6,12H,1,3-4,7-11,13,17H2;2-6H,1,7-8H2. The van der Waals surface area contributed by atoms with Crippen molar-refractivity contribution in [2.24, 2.45) is 0 Å². The monoisotopic (exact) mass is 1020 g/mol. The number of aromatic nitrogens is 4. The van der Waals surface area contributed by atoms with E-state index >= 15 is 0 Å². The molecule has 6 aromatic rings. The Morgan fingerprint density at radius 3 is 1.58 bits per heavy atom. The fourth-order valence-corrected chi connectivity index (χ4v) is 7.83. The van der Waals surface area contributed by atoms with E-state index in [1.165, 1.54) is 38.8 Å². The van der Waals surface area contributed by atoms with Crippen LogP contribution in [0.1, 0.15) is 48.3 Å². The number of hydrogen-bond acceptors (Lipinski definition) is 16. The second-order valence-corrected chi connectivity index (χ2v) is 17.2. The molecule has 0 spiro atoms. The molecule has 17 heteroatoms. The molecule has 0 unspecified atom stereocenters. The number of anilines is 3. The summed E-state index contributed by atoms with van der Waals surface area (Å²) in [5.41, 5.74) is 10.7. The van der Waals surface area contributed by atoms with Crippen LogP contribution >= 0.6 is 11.6 Å². The van der Waals surface area contributed by atoms with Crippen molar-refractivity contribution >= 4 is 28.9 Å². The molecule has 2 fully saturated rings. The van der Waals surface area contributed by atoms with Crippen molar-refractivity contribution in [1.29, 1.82) is 0 Å². The fourth-order valence-electron chi connectivity index (χ4n) is 7.68. The summed E-state index contributed by atoms with van der Waals surface area (Å²) in [7, 11) is 0. The van der Waals surface area contributed by atoms with E-state index in [0.29, 0.717) is 94.9 Å². The minimum absolute atomic E-state index is 0.198. The van der Waals surface area contributed by atoms with Crippen LogP contribution in [0.3, 0.4) is 0 Å². The Balaban J connectivity index is 0.000000197. The lowest BCUT2D eigenvalue weighted by molar-refractivity contribution is 0.132. The van der Waals surface area contributed by atoms with E-state index in [2.05, 4.69) is 61.4 Å². The van der Waals surface area contributed by atoms with Gasteiger partial charge in [0.25, 0.3) is 0 Å². The first-order chi connectivity index (χ1) is 35.8. The number of ether oxygens (including phenoxy) is 6. The Labute approximate surface area is 434 Å². The smallest absolute Gasteiger partial charge is 0.227 e. The van der Waals surface area contributed by atoms with Gasteiger partial charge in [0, 0.05) is 48.0 Å². The minimum Gasteiger partial charge on any atom is -0.492 e. The lowest BCUT2D eigenvalue weighted by Crippen LogP contribution is -2.25. The van der Waals surface area contributed by atoms with Gasteiger partial charge in [-0.15, -0.1) is 26.3 Å². The third-order valence-corrected chi connectivity index (χ3v) is 11.4. The Kier molecular flexibility index (Phi) is 24.2. The first-order valence-electron chi connectivity index (χ1n) is 24.6. The number of nitrogens with zero attached hydrogens (tertiary/aromatic N) is 6. The lowest BCUT2D eigenvalue weighted by atomic mass is 10.2. The van der Waals surface area contributed by atoms with Crippen molar-refractivity contribution in [3.8, 4) is 34.4 Å². The molecular formula is C56H69ClN8O8. The molecule has 3 N–H and O–H groups in total. The third kappa shape index (κ3) is 19.7. The lowest BCUT2D eigenvalue weighted by Gasteiger charge is -2.17. The molecule has 2 aliphatic heterocycles. The van der Waals surface area contributed by atoms with Gasteiger partial charge < -0.3 is 48.3 Å². The maximum Gasteiger partial charge on any atom is 0.227 e. The summed E-state index contributed by atoms with van der Waals surface area (Å²) in [4.78, 5) is 21.7. The minimum atomic E-state index is 0.198. The maximum absolute atomic E-state index is 6.11. The summed E-state index contributed by atoms with van der Waals surface area (Å²) in [5.74, 6) is 4.90. The largest absolute Gasteiger partial charge is 0.492 e. The van der Waals surface area contributed by atoms with Gasteiger partial charge in [-0.05, 0) is 136 Å². The molecule has 8 rings (SSSR count). The fraction of sp³-hybridized carbons (Fsp3) is 0.357. The average Bonchev–Trinajstić information content (AvgIpc) is 4.27. The highest BCUT2D eigenvalue weighted by Crippen LogP contribution is 2.28. The van der Waals surface area contributed by atoms with Crippen molar-refractivity contribution in [1.82, 2.24) is 29.7 Å². The van der Waals surface area contributed by atoms with Gasteiger partial charge in [-0.2, -0.15) is 0 Å². The molecular weight excluding hydrogens is 948 g/mol. The van der Waals surface area contributed by atoms with Crippen LogP contribution in [0.4, 0.5) is 17.3 Å². The van der Waals surface area contributed by atoms with Crippen LogP contribution in [-0.4, -0.2) is 109 Å². The van der Waals surface area contributed by atoms with Crippen molar-refractivity contribution in [2.45, 2.75) is 52.1 Å². The van der Waals surface area contributed by atoms with Crippen molar-refractivity contribution in [2.75, 3.05) is 90.0 Å². The highest BCUT2D eigenvalue weighted by molar-refractivity contribution is 6.28. The van der Waals surface area contributed by atoms with Crippen LogP contribution in [0.5, 0.6) is 11.5 Å². The number of rotatable bonds is 28. The van der Waals surface area contributed by atoms with Crippen LogP contribution in [0, 0.1) is 0 Å². The van der Waals surface area contributed by atoms with E-state index in [4.69, 9.17) is 54.6 Å². The second kappa shape index (κ2) is 31.7. The zero-order valence-corrected chi connectivity index (χ0v) is 42.5. The summed E-state index contributed by atoms with van der Waals surface area (Å²) >= 11 is 5.70. The van der Waals surface area contributed by atoms with E-state index in [1.807, 2.05) is 66.7 Å². The first-order valence-corrected chi connectivity index (χ1v) is 24.9. The highest BCUT2D eigenvalue weighted by Gasteiger charge is 2.15. The zero-order chi connectivity index (χ0) is 51.3. The number of hydrogen-bond donors (Lipinski definition) is 2. The molecule has 2 aliphatic rings. The van der Waals surface area contributed by atoms with Crippen LogP contribution in [-0.2, 0) is 45.4 Å². The number of nitrogen functional groups attached to an aromatic ring is 1. The van der Waals surface area contributed by atoms with E-state index in [9.17, 15) is 0 Å². The molecule has 4 aromatic heterocycles. The van der Waals surface area contributed by atoms with Crippen LogP contribution in [0.15, 0.2) is 145 Å². The Morgan fingerprint density at radius 1 is 0.575 bits per heavy atom. The van der Waals surface area contributed by atoms with Crippen molar-refractivity contribution < 1.29 is 37.3 Å².